The highest BCUT2D eigenvalue weighted by Gasteiger charge is 2.23. The standard InChI is InChI=1S/C10H8Cl2O2/c11-6-10(7-13)4-1-2-8(3-5-10)9(12)14/h1-5,7H,6H2. The summed E-state index contributed by atoms with van der Waals surface area (Å²) in [7, 11) is 0. The van der Waals surface area contributed by atoms with Gasteiger partial charge in [-0.2, -0.15) is 0 Å². The van der Waals surface area contributed by atoms with Crippen molar-refractivity contribution in [2.45, 2.75) is 0 Å². The lowest BCUT2D eigenvalue weighted by Gasteiger charge is -2.14. The molecule has 0 aliphatic heterocycles. The molecule has 0 aromatic heterocycles. The largest absolute Gasteiger partial charge is 0.302 e. The van der Waals surface area contributed by atoms with Crippen molar-refractivity contribution < 1.29 is 9.59 Å². The zero-order valence-electron chi connectivity index (χ0n) is 7.24. The van der Waals surface area contributed by atoms with Crippen LogP contribution in [0.2, 0.25) is 0 Å². The molecule has 2 nitrogen and oxygen atoms in total. The fraction of sp³-hybridized carbons (Fsp3) is 0.200. The maximum absolute atomic E-state index is 10.8. The molecule has 0 saturated carbocycles. The first kappa shape index (κ1) is 11.2. The lowest BCUT2D eigenvalue weighted by atomic mass is 9.92. The van der Waals surface area contributed by atoms with Crippen LogP contribution in [0.25, 0.3) is 0 Å². The molecule has 14 heavy (non-hydrogen) atoms. The molecule has 0 radical (unpaired) electrons. The average molecular weight is 231 g/mol. The number of rotatable bonds is 3. The Balaban J connectivity index is 3.02. The third kappa shape index (κ3) is 2.34. The predicted octanol–water partition coefficient (Wildman–Crippen LogP) is 2.23. The summed E-state index contributed by atoms with van der Waals surface area (Å²) >= 11 is 11.0. The topological polar surface area (TPSA) is 34.1 Å². The van der Waals surface area contributed by atoms with E-state index in [0.29, 0.717) is 5.57 Å². The van der Waals surface area contributed by atoms with E-state index in [9.17, 15) is 9.59 Å². The van der Waals surface area contributed by atoms with E-state index in [1.54, 1.807) is 24.3 Å². The molecular weight excluding hydrogens is 223 g/mol. The molecule has 0 spiro atoms. The number of hydrogen-bond donors (Lipinski definition) is 0. The van der Waals surface area contributed by atoms with Crippen molar-refractivity contribution in [3.63, 3.8) is 0 Å². The third-order valence-electron chi connectivity index (χ3n) is 1.93. The molecule has 0 aromatic carbocycles. The van der Waals surface area contributed by atoms with Gasteiger partial charge < -0.3 is 4.79 Å². The first-order valence-corrected chi connectivity index (χ1v) is 4.86. The SMILES string of the molecule is O=CC1(CCl)C=CC=C(C(=O)Cl)C=C1. The molecule has 0 heterocycles. The summed E-state index contributed by atoms with van der Waals surface area (Å²) in [5.41, 5.74) is -0.483. The number of allylic oxidation sites excluding steroid dienone is 6. The monoisotopic (exact) mass is 230 g/mol. The molecule has 74 valence electrons. The van der Waals surface area contributed by atoms with Crippen molar-refractivity contribution in [1.29, 1.82) is 0 Å². The van der Waals surface area contributed by atoms with Crippen LogP contribution in [0, 0.1) is 5.41 Å². The minimum absolute atomic E-state index is 0.140. The Labute approximate surface area is 91.9 Å². The van der Waals surface area contributed by atoms with Crippen molar-refractivity contribution >= 4 is 34.7 Å². The highest BCUT2D eigenvalue weighted by molar-refractivity contribution is 6.68. The van der Waals surface area contributed by atoms with Gasteiger partial charge in [0.25, 0.3) is 5.24 Å². The number of aldehydes is 1. The minimum atomic E-state index is -0.827. The van der Waals surface area contributed by atoms with Gasteiger partial charge in [0.15, 0.2) is 0 Å². The summed E-state index contributed by atoms with van der Waals surface area (Å²) in [6.07, 6.45) is 8.60. The zero-order chi connectivity index (χ0) is 10.6. The molecule has 0 bridgehead atoms. The van der Waals surface area contributed by atoms with E-state index in [1.807, 2.05) is 0 Å². The molecule has 1 aliphatic rings. The van der Waals surface area contributed by atoms with E-state index in [2.05, 4.69) is 0 Å². The first-order chi connectivity index (χ1) is 6.63. The fourth-order valence-electron chi connectivity index (χ4n) is 1.02. The predicted molar refractivity (Wildman–Crippen MR) is 56.4 cm³/mol. The number of alkyl halides is 1. The summed E-state index contributed by atoms with van der Waals surface area (Å²) in [6, 6.07) is 0. The number of carbonyl (C=O) groups excluding carboxylic acids is 2. The average Bonchev–Trinajstić information content (AvgIpc) is 2.40. The van der Waals surface area contributed by atoms with Crippen molar-refractivity contribution in [3.8, 4) is 0 Å². The van der Waals surface area contributed by atoms with Gasteiger partial charge in [-0.25, -0.2) is 0 Å². The van der Waals surface area contributed by atoms with Crippen LogP contribution in [0.4, 0.5) is 0 Å². The Morgan fingerprint density at radius 1 is 1.50 bits per heavy atom. The lowest BCUT2D eigenvalue weighted by molar-refractivity contribution is -0.111. The van der Waals surface area contributed by atoms with E-state index < -0.39 is 10.7 Å². The van der Waals surface area contributed by atoms with E-state index in [1.165, 1.54) is 6.08 Å². The second-order valence-corrected chi connectivity index (χ2v) is 3.56. The van der Waals surface area contributed by atoms with E-state index in [4.69, 9.17) is 23.2 Å². The third-order valence-corrected chi connectivity index (χ3v) is 2.61. The molecule has 0 N–H and O–H groups in total. The Hall–Kier alpha value is -0.860. The normalized spacial score (nSPS) is 25.4. The van der Waals surface area contributed by atoms with Gasteiger partial charge in [-0.15, -0.1) is 11.6 Å². The van der Waals surface area contributed by atoms with Gasteiger partial charge in [0.2, 0.25) is 0 Å². The smallest absolute Gasteiger partial charge is 0.252 e. The fourth-order valence-corrected chi connectivity index (χ4v) is 1.38. The van der Waals surface area contributed by atoms with E-state index >= 15 is 0 Å². The van der Waals surface area contributed by atoms with Gasteiger partial charge in [-0.3, -0.25) is 4.79 Å². The second kappa shape index (κ2) is 4.58. The second-order valence-electron chi connectivity index (χ2n) is 2.95. The van der Waals surface area contributed by atoms with Gasteiger partial charge in [-0.05, 0) is 11.6 Å². The Morgan fingerprint density at radius 3 is 2.71 bits per heavy atom. The summed E-state index contributed by atoms with van der Waals surface area (Å²) in [6.45, 7) is 0. The summed E-state index contributed by atoms with van der Waals surface area (Å²) in [5, 5.41) is -0.554. The maximum atomic E-state index is 10.8. The van der Waals surface area contributed by atoms with Crippen LogP contribution in [0.15, 0.2) is 36.0 Å². The van der Waals surface area contributed by atoms with Crippen molar-refractivity contribution in [2.75, 3.05) is 5.88 Å². The van der Waals surface area contributed by atoms with Gasteiger partial charge in [0, 0.05) is 11.5 Å². The summed E-state index contributed by atoms with van der Waals surface area (Å²) < 4.78 is 0. The van der Waals surface area contributed by atoms with Crippen LogP contribution < -0.4 is 0 Å². The maximum Gasteiger partial charge on any atom is 0.252 e. The molecule has 0 aromatic rings. The highest BCUT2D eigenvalue weighted by Crippen LogP contribution is 2.24. The number of halogens is 2. The van der Waals surface area contributed by atoms with Crippen molar-refractivity contribution in [1.82, 2.24) is 0 Å². The molecule has 0 saturated heterocycles. The van der Waals surface area contributed by atoms with Crippen molar-refractivity contribution in [2.24, 2.45) is 5.41 Å². The molecule has 0 amide bonds. The van der Waals surface area contributed by atoms with Crippen LogP contribution in [0.3, 0.4) is 0 Å². The van der Waals surface area contributed by atoms with Crippen molar-refractivity contribution in [3.05, 3.63) is 36.0 Å². The summed E-state index contributed by atoms with van der Waals surface area (Å²) in [4.78, 5) is 21.6. The van der Waals surface area contributed by atoms with Crippen LogP contribution >= 0.6 is 23.2 Å². The molecule has 1 unspecified atom stereocenters. The molecule has 1 atom stereocenters. The van der Waals surface area contributed by atoms with Crippen LogP contribution in [-0.4, -0.2) is 17.4 Å². The number of hydrogen-bond acceptors (Lipinski definition) is 2. The Morgan fingerprint density at radius 2 is 2.21 bits per heavy atom. The molecule has 4 heteroatoms. The Kier molecular flexibility index (Phi) is 3.67. The van der Waals surface area contributed by atoms with E-state index in [-0.39, 0.29) is 5.88 Å². The van der Waals surface area contributed by atoms with Crippen LogP contribution in [-0.2, 0) is 9.59 Å². The molecular formula is C10H8Cl2O2. The molecule has 0 fully saturated rings. The highest BCUT2D eigenvalue weighted by atomic mass is 35.5. The quantitative estimate of drug-likeness (QED) is 0.424. The van der Waals surface area contributed by atoms with Gasteiger partial charge in [-0.1, -0.05) is 30.4 Å². The van der Waals surface area contributed by atoms with Crippen LogP contribution in [0.5, 0.6) is 0 Å². The number of carbonyl (C=O) groups is 2. The first-order valence-electron chi connectivity index (χ1n) is 3.94. The van der Waals surface area contributed by atoms with Gasteiger partial charge >= 0.3 is 0 Å². The molecule has 1 rings (SSSR count). The Bertz CT molecular complexity index is 342. The van der Waals surface area contributed by atoms with Crippen LogP contribution in [0.1, 0.15) is 0 Å². The van der Waals surface area contributed by atoms with Gasteiger partial charge in [0.05, 0.1) is 5.41 Å². The van der Waals surface area contributed by atoms with Gasteiger partial charge in [0.1, 0.15) is 6.29 Å². The minimum Gasteiger partial charge on any atom is -0.302 e. The van der Waals surface area contributed by atoms with E-state index in [0.717, 1.165) is 6.29 Å². The zero-order valence-corrected chi connectivity index (χ0v) is 8.76. The lowest BCUT2D eigenvalue weighted by Crippen LogP contribution is -2.18. The molecule has 1 aliphatic carbocycles. The summed E-state index contributed by atoms with van der Waals surface area (Å²) in [5.74, 6) is 0.140.